The van der Waals surface area contributed by atoms with Gasteiger partial charge in [0.2, 0.25) is 0 Å². The van der Waals surface area contributed by atoms with Crippen molar-refractivity contribution in [1.82, 2.24) is 19.7 Å². The van der Waals surface area contributed by atoms with E-state index in [-0.39, 0.29) is 0 Å². The number of anilines is 1. The van der Waals surface area contributed by atoms with Gasteiger partial charge in [-0.05, 0) is 19.1 Å². The predicted octanol–water partition coefficient (Wildman–Crippen LogP) is 2.27. The Morgan fingerprint density at radius 2 is 2.13 bits per heavy atom. The summed E-state index contributed by atoms with van der Waals surface area (Å²) < 4.78 is 7.75. The monoisotopic (exact) mass is 311 g/mol. The molecule has 1 unspecified atom stereocenters. The molecule has 0 bridgehead atoms. The summed E-state index contributed by atoms with van der Waals surface area (Å²) in [5.74, 6) is 0. The van der Waals surface area contributed by atoms with E-state index in [0.717, 1.165) is 43.3 Å². The third-order valence-corrected chi connectivity index (χ3v) is 4.46. The third kappa shape index (κ3) is 2.82. The summed E-state index contributed by atoms with van der Waals surface area (Å²) in [5, 5.41) is 4.25. The highest BCUT2D eigenvalue weighted by Crippen LogP contribution is 2.24. The molecule has 0 radical (unpaired) electrons. The van der Waals surface area contributed by atoms with E-state index in [9.17, 15) is 0 Å². The fourth-order valence-corrected chi connectivity index (χ4v) is 3.19. The molecule has 6 nitrogen and oxygen atoms in total. The molecular weight excluding hydrogens is 290 g/mol. The maximum absolute atomic E-state index is 5.90. The standard InChI is InChI=1S/C17H21N5O/c1-13-10-22(17-19-15-5-3-4-6-16(15)23-17)8-7-21(13)12-14-9-18-20(2)11-14/h3-6,9,11,13H,7-8,10,12H2,1-2H3. The van der Waals surface area contributed by atoms with E-state index in [1.54, 1.807) is 0 Å². The van der Waals surface area contributed by atoms with Gasteiger partial charge >= 0.3 is 0 Å². The second kappa shape index (κ2) is 5.70. The molecule has 1 atom stereocenters. The van der Waals surface area contributed by atoms with Crippen LogP contribution in [0.5, 0.6) is 0 Å². The Morgan fingerprint density at radius 1 is 1.26 bits per heavy atom. The van der Waals surface area contributed by atoms with Gasteiger partial charge in [0, 0.05) is 51.0 Å². The van der Waals surface area contributed by atoms with Crippen LogP contribution >= 0.6 is 0 Å². The second-order valence-electron chi connectivity index (χ2n) is 6.25. The summed E-state index contributed by atoms with van der Waals surface area (Å²) in [4.78, 5) is 9.33. The van der Waals surface area contributed by atoms with Crippen molar-refractivity contribution in [3.8, 4) is 0 Å². The first-order chi connectivity index (χ1) is 11.2. The number of oxazole rings is 1. The largest absolute Gasteiger partial charge is 0.423 e. The minimum Gasteiger partial charge on any atom is -0.423 e. The second-order valence-corrected chi connectivity index (χ2v) is 6.25. The fourth-order valence-electron chi connectivity index (χ4n) is 3.19. The number of aryl methyl sites for hydroxylation is 1. The van der Waals surface area contributed by atoms with Crippen molar-refractivity contribution in [2.75, 3.05) is 24.5 Å². The number of hydrogen-bond acceptors (Lipinski definition) is 5. The summed E-state index contributed by atoms with van der Waals surface area (Å²) in [6.45, 7) is 6.04. The maximum Gasteiger partial charge on any atom is 0.298 e. The van der Waals surface area contributed by atoms with Gasteiger partial charge in [-0.25, -0.2) is 0 Å². The van der Waals surface area contributed by atoms with Crippen LogP contribution in [0.15, 0.2) is 41.1 Å². The molecule has 0 N–H and O–H groups in total. The van der Waals surface area contributed by atoms with Crippen molar-refractivity contribution in [2.45, 2.75) is 19.5 Å². The molecule has 6 heteroatoms. The number of aromatic nitrogens is 3. The van der Waals surface area contributed by atoms with Gasteiger partial charge < -0.3 is 9.32 Å². The number of para-hydroxylation sites is 2. The van der Waals surface area contributed by atoms with Crippen LogP contribution in [0.4, 0.5) is 6.01 Å². The molecule has 0 saturated carbocycles. The highest BCUT2D eigenvalue weighted by Gasteiger charge is 2.26. The van der Waals surface area contributed by atoms with Crippen molar-refractivity contribution >= 4 is 17.1 Å². The number of piperazine rings is 1. The Balaban J connectivity index is 1.46. The Morgan fingerprint density at radius 3 is 2.87 bits per heavy atom. The van der Waals surface area contributed by atoms with Gasteiger partial charge in [0.1, 0.15) is 5.52 Å². The average molecular weight is 311 g/mol. The van der Waals surface area contributed by atoms with Gasteiger partial charge in [-0.3, -0.25) is 9.58 Å². The predicted molar refractivity (Wildman–Crippen MR) is 89.3 cm³/mol. The summed E-state index contributed by atoms with van der Waals surface area (Å²) in [5.41, 5.74) is 3.04. The van der Waals surface area contributed by atoms with E-state index in [2.05, 4.69) is 33.0 Å². The van der Waals surface area contributed by atoms with E-state index in [0.29, 0.717) is 6.04 Å². The SMILES string of the molecule is CC1CN(c2nc3ccccc3o2)CCN1Cc1cnn(C)c1. The number of fused-ring (bicyclic) bond motifs is 1. The van der Waals surface area contributed by atoms with Gasteiger partial charge in [0.25, 0.3) is 6.01 Å². The van der Waals surface area contributed by atoms with Crippen molar-refractivity contribution in [3.63, 3.8) is 0 Å². The molecule has 1 aliphatic rings. The smallest absolute Gasteiger partial charge is 0.298 e. The zero-order chi connectivity index (χ0) is 15.8. The lowest BCUT2D eigenvalue weighted by Crippen LogP contribution is -2.51. The first-order valence-corrected chi connectivity index (χ1v) is 8.01. The van der Waals surface area contributed by atoms with Crippen LogP contribution in [-0.2, 0) is 13.6 Å². The Kier molecular flexibility index (Phi) is 3.53. The summed E-state index contributed by atoms with van der Waals surface area (Å²) in [6, 6.07) is 9.10. The molecule has 23 heavy (non-hydrogen) atoms. The van der Waals surface area contributed by atoms with E-state index < -0.39 is 0 Å². The molecule has 2 aromatic heterocycles. The number of benzene rings is 1. The zero-order valence-electron chi connectivity index (χ0n) is 13.5. The quantitative estimate of drug-likeness (QED) is 0.743. The first-order valence-electron chi connectivity index (χ1n) is 8.01. The molecule has 1 aliphatic heterocycles. The van der Waals surface area contributed by atoms with Crippen LogP contribution in [0.25, 0.3) is 11.1 Å². The van der Waals surface area contributed by atoms with Gasteiger partial charge in [0.05, 0.1) is 6.20 Å². The highest BCUT2D eigenvalue weighted by atomic mass is 16.4. The molecule has 120 valence electrons. The summed E-state index contributed by atoms with van der Waals surface area (Å²) in [6.07, 6.45) is 4.03. The zero-order valence-corrected chi connectivity index (χ0v) is 13.5. The molecule has 1 aromatic carbocycles. The maximum atomic E-state index is 5.90. The van der Waals surface area contributed by atoms with E-state index in [1.807, 2.05) is 42.2 Å². The summed E-state index contributed by atoms with van der Waals surface area (Å²) in [7, 11) is 1.96. The minimum atomic E-state index is 0.443. The van der Waals surface area contributed by atoms with Crippen LogP contribution in [0, 0.1) is 0 Å². The molecule has 4 rings (SSSR count). The number of rotatable bonds is 3. The van der Waals surface area contributed by atoms with E-state index in [4.69, 9.17) is 4.42 Å². The topological polar surface area (TPSA) is 50.3 Å². The van der Waals surface area contributed by atoms with Crippen LogP contribution in [-0.4, -0.2) is 45.3 Å². The molecular formula is C17H21N5O. The molecule has 1 fully saturated rings. The third-order valence-electron chi connectivity index (χ3n) is 4.46. The van der Waals surface area contributed by atoms with Crippen LogP contribution in [0.3, 0.4) is 0 Å². The van der Waals surface area contributed by atoms with E-state index >= 15 is 0 Å². The van der Waals surface area contributed by atoms with Gasteiger partial charge in [-0.15, -0.1) is 0 Å². The Hall–Kier alpha value is -2.34. The van der Waals surface area contributed by atoms with Gasteiger partial charge in [-0.1, -0.05) is 12.1 Å². The molecule has 3 heterocycles. The number of nitrogens with zero attached hydrogens (tertiary/aromatic N) is 5. The molecule has 0 aliphatic carbocycles. The lowest BCUT2D eigenvalue weighted by molar-refractivity contribution is 0.178. The van der Waals surface area contributed by atoms with Crippen molar-refractivity contribution in [1.29, 1.82) is 0 Å². The molecule has 0 spiro atoms. The van der Waals surface area contributed by atoms with Crippen molar-refractivity contribution in [3.05, 3.63) is 42.2 Å². The van der Waals surface area contributed by atoms with Crippen LogP contribution in [0.1, 0.15) is 12.5 Å². The van der Waals surface area contributed by atoms with Crippen molar-refractivity contribution < 1.29 is 4.42 Å². The average Bonchev–Trinajstić information content (AvgIpc) is 3.15. The summed E-state index contributed by atoms with van der Waals surface area (Å²) >= 11 is 0. The first kappa shape index (κ1) is 14.3. The lowest BCUT2D eigenvalue weighted by Gasteiger charge is -2.38. The fraction of sp³-hybridized carbons (Fsp3) is 0.412. The van der Waals surface area contributed by atoms with Crippen LogP contribution in [0.2, 0.25) is 0 Å². The van der Waals surface area contributed by atoms with E-state index in [1.165, 1.54) is 5.56 Å². The normalized spacial score (nSPS) is 19.6. The van der Waals surface area contributed by atoms with Gasteiger partial charge in [0.15, 0.2) is 5.58 Å². The minimum absolute atomic E-state index is 0.443. The lowest BCUT2D eigenvalue weighted by atomic mass is 10.2. The Labute approximate surface area is 135 Å². The molecule has 0 amide bonds. The molecule has 1 saturated heterocycles. The highest BCUT2D eigenvalue weighted by molar-refractivity contribution is 5.74. The molecule has 3 aromatic rings. The van der Waals surface area contributed by atoms with Gasteiger partial charge in [-0.2, -0.15) is 10.1 Å². The van der Waals surface area contributed by atoms with Crippen molar-refractivity contribution in [2.24, 2.45) is 7.05 Å². The number of hydrogen-bond donors (Lipinski definition) is 0. The van der Waals surface area contributed by atoms with Crippen LogP contribution < -0.4 is 4.90 Å². The Bertz CT molecular complexity index is 775.